The molecule has 6 nitrogen and oxygen atoms in total. The van der Waals surface area contributed by atoms with E-state index in [1.54, 1.807) is 43.4 Å². The molecule has 0 saturated carbocycles. The van der Waals surface area contributed by atoms with E-state index in [9.17, 15) is 9.59 Å². The monoisotopic (exact) mass is 368 g/mol. The summed E-state index contributed by atoms with van der Waals surface area (Å²) in [6.07, 6.45) is 1.75. The highest BCUT2D eigenvalue weighted by Crippen LogP contribution is 2.22. The van der Waals surface area contributed by atoms with E-state index < -0.39 is 6.04 Å². The maximum absolute atomic E-state index is 12.8. The lowest BCUT2D eigenvalue weighted by molar-refractivity contribution is -0.136. The molecule has 1 aliphatic heterocycles. The summed E-state index contributed by atoms with van der Waals surface area (Å²) < 4.78 is 10.3. The normalized spacial score (nSPS) is 16.1. The Balaban J connectivity index is 1.64. The van der Waals surface area contributed by atoms with Gasteiger partial charge in [-0.3, -0.25) is 9.59 Å². The predicted octanol–water partition coefficient (Wildman–Crippen LogP) is 2.88. The molecule has 2 aromatic rings. The molecule has 1 heterocycles. The van der Waals surface area contributed by atoms with Crippen molar-refractivity contribution in [2.75, 3.05) is 26.1 Å². The second-order valence-corrected chi connectivity index (χ2v) is 6.49. The third kappa shape index (κ3) is 4.58. The standard InChI is InChI=1S/C21H24N2O4/c1-26-17-10-8-16(9-11-17)22-21(25)19-7-4-12-23(19)20(24)14-15-5-3-6-18(13-15)27-2/h3,5-6,8-11,13,19H,4,7,12,14H2,1-2H3,(H,22,25). The maximum atomic E-state index is 12.8. The number of ether oxygens (including phenoxy) is 2. The molecular weight excluding hydrogens is 344 g/mol. The minimum atomic E-state index is -0.440. The Morgan fingerprint density at radius 2 is 1.81 bits per heavy atom. The highest BCUT2D eigenvalue weighted by Gasteiger charge is 2.33. The van der Waals surface area contributed by atoms with Gasteiger partial charge in [0.05, 0.1) is 20.6 Å². The van der Waals surface area contributed by atoms with E-state index >= 15 is 0 Å². The van der Waals surface area contributed by atoms with Gasteiger partial charge in [-0.1, -0.05) is 12.1 Å². The molecule has 27 heavy (non-hydrogen) atoms. The van der Waals surface area contributed by atoms with E-state index in [0.29, 0.717) is 18.7 Å². The summed E-state index contributed by atoms with van der Waals surface area (Å²) in [6, 6.07) is 14.1. The van der Waals surface area contributed by atoms with Crippen LogP contribution in [0.25, 0.3) is 0 Å². The van der Waals surface area contributed by atoms with Crippen molar-refractivity contribution in [2.45, 2.75) is 25.3 Å². The zero-order valence-corrected chi connectivity index (χ0v) is 15.6. The lowest BCUT2D eigenvalue weighted by Gasteiger charge is -2.24. The number of nitrogens with one attached hydrogen (secondary N) is 1. The van der Waals surface area contributed by atoms with Crippen LogP contribution in [0.1, 0.15) is 18.4 Å². The number of nitrogens with zero attached hydrogens (tertiary/aromatic N) is 1. The number of rotatable bonds is 6. The van der Waals surface area contributed by atoms with Gasteiger partial charge in [0, 0.05) is 12.2 Å². The van der Waals surface area contributed by atoms with Gasteiger partial charge in [-0.15, -0.1) is 0 Å². The van der Waals surface area contributed by atoms with Crippen LogP contribution in [0, 0.1) is 0 Å². The molecule has 1 unspecified atom stereocenters. The van der Waals surface area contributed by atoms with Gasteiger partial charge in [0.1, 0.15) is 17.5 Å². The number of carbonyl (C=O) groups is 2. The highest BCUT2D eigenvalue weighted by molar-refractivity contribution is 5.97. The zero-order valence-electron chi connectivity index (χ0n) is 15.6. The Morgan fingerprint density at radius 1 is 1.07 bits per heavy atom. The number of carbonyl (C=O) groups excluding carboxylic acids is 2. The molecule has 0 spiro atoms. The smallest absolute Gasteiger partial charge is 0.247 e. The third-order valence-corrected chi connectivity index (χ3v) is 4.72. The Morgan fingerprint density at radius 3 is 2.52 bits per heavy atom. The number of hydrogen-bond acceptors (Lipinski definition) is 4. The quantitative estimate of drug-likeness (QED) is 0.851. The Labute approximate surface area is 159 Å². The van der Waals surface area contributed by atoms with Crippen LogP contribution in [0.15, 0.2) is 48.5 Å². The lowest BCUT2D eigenvalue weighted by Crippen LogP contribution is -2.43. The fraction of sp³-hybridized carbons (Fsp3) is 0.333. The van der Waals surface area contributed by atoms with Crippen LogP contribution >= 0.6 is 0 Å². The fourth-order valence-corrected chi connectivity index (χ4v) is 3.30. The van der Waals surface area contributed by atoms with Crippen molar-refractivity contribution < 1.29 is 19.1 Å². The Kier molecular flexibility index (Phi) is 5.96. The van der Waals surface area contributed by atoms with E-state index in [-0.39, 0.29) is 18.2 Å². The second-order valence-electron chi connectivity index (χ2n) is 6.49. The first kappa shape index (κ1) is 18.8. The highest BCUT2D eigenvalue weighted by atomic mass is 16.5. The number of amides is 2. The lowest BCUT2D eigenvalue weighted by atomic mass is 10.1. The van der Waals surface area contributed by atoms with Gasteiger partial charge >= 0.3 is 0 Å². The van der Waals surface area contributed by atoms with Crippen molar-refractivity contribution in [3.63, 3.8) is 0 Å². The average Bonchev–Trinajstić information content (AvgIpc) is 3.19. The van der Waals surface area contributed by atoms with Crippen molar-refractivity contribution in [1.82, 2.24) is 4.90 Å². The molecule has 1 fully saturated rings. The van der Waals surface area contributed by atoms with Gasteiger partial charge in [-0.05, 0) is 54.8 Å². The van der Waals surface area contributed by atoms with Crippen LogP contribution in [-0.2, 0) is 16.0 Å². The Hall–Kier alpha value is -3.02. The summed E-state index contributed by atoms with van der Waals surface area (Å²) >= 11 is 0. The number of benzene rings is 2. The minimum Gasteiger partial charge on any atom is -0.497 e. The van der Waals surface area contributed by atoms with Crippen LogP contribution in [0.4, 0.5) is 5.69 Å². The van der Waals surface area contributed by atoms with Crippen molar-refractivity contribution in [3.8, 4) is 11.5 Å². The molecule has 0 aliphatic carbocycles. The summed E-state index contributed by atoms with van der Waals surface area (Å²) in [6.45, 7) is 0.601. The predicted molar refractivity (Wildman–Crippen MR) is 103 cm³/mol. The largest absolute Gasteiger partial charge is 0.497 e. The molecule has 1 N–H and O–H groups in total. The molecule has 2 amide bonds. The summed E-state index contributed by atoms with van der Waals surface area (Å²) in [7, 11) is 3.19. The average molecular weight is 368 g/mol. The molecule has 1 saturated heterocycles. The molecule has 6 heteroatoms. The molecule has 0 radical (unpaired) electrons. The van der Waals surface area contributed by atoms with E-state index in [1.807, 2.05) is 24.3 Å². The number of likely N-dealkylation sites (tertiary alicyclic amines) is 1. The summed E-state index contributed by atoms with van der Waals surface area (Å²) in [5.41, 5.74) is 1.56. The maximum Gasteiger partial charge on any atom is 0.247 e. The fourth-order valence-electron chi connectivity index (χ4n) is 3.30. The van der Waals surface area contributed by atoms with Crippen LogP contribution in [0.3, 0.4) is 0 Å². The molecule has 1 aliphatic rings. The van der Waals surface area contributed by atoms with Gasteiger partial charge in [0.25, 0.3) is 0 Å². The van der Waals surface area contributed by atoms with Gasteiger partial charge < -0.3 is 19.7 Å². The number of anilines is 1. The van der Waals surface area contributed by atoms with Crippen molar-refractivity contribution in [1.29, 1.82) is 0 Å². The van der Waals surface area contributed by atoms with Crippen LogP contribution in [0.2, 0.25) is 0 Å². The zero-order chi connectivity index (χ0) is 19.2. The van der Waals surface area contributed by atoms with Crippen LogP contribution in [-0.4, -0.2) is 43.5 Å². The van der Waals surface area contributed by atoms with Crippen LogP contribution in [0.5, 0.6) is 11.5 Å². The summed E-state index contributed by atoms with van der Waals surface area (Å²) in [5.74, 6) is 1.24. The van der Waals surface area contributed by atoms with Crippen molar-refractivity contribution in [2.24, 2.45) is 0 Å². The molecule has 0 bridgehead atoms. The van der Waals surface area contributed by atoms with E-state index in [1.165, 1.54) is 0 Å². The minimum absolute atomic E-state index is 0.0457. The summed E-state index contributed by atoms with van der Waals surface area (Å²) in [5, 5.41) is 2.89. The number of hydrogen-bond donors (Lipinski definition) is 1. The van der Waals surface area contributed by atoms with Gasteiger partial charge in [0.15, 0.2) is 0 Å². The first-order chi connectivity index (χ1) is 13.1. The topological polar surface area (TPSA) is 67.9 Å². The summed E-state index contributed by atoms with van der Waals surface area (Å²) in [4.78, 5) is 27.1. The van der Waals surface area contributed by atoms with E-state index in [4.69, 9.17) is 9.47 Å². The molecule has 0 aromatic heterocycles. The molecule has 1 atom stereocenters. The molecule has 142 valence electrons. The third-order valence-electron chi connectivity index (χ3n) is 4.72. The number of methoxy groups -OCH3 is 2. The Bertz CT molecular complexity index is 804. The first-order valence-corrected chi connectivity index (χ1v) is 8.98. The molecule has 2 aromatic carbocycles. The van der Waals surface area contributed by atoms with E-state index in [0.717, 1.165) is 23.5 Å². The molecule has 3 rings (SSSR count). The van der Waals surface area contributed by atoms with Gasteiger partial charge in [-0.25, -0.2) is 0 Å². The van der Waals surface area contributed by atoms with E-state index in [2.05, 4.69) is 5.32 Å². The molecular formula is C21H24N2O4. The second kappa shape index (κ2) is 8.58. The SMILES string of the molecule is COc1ccc(NC(=O)C2CCCN2C(=O)Cc2cccc(OC)c2)cc1. The van der Waals surface area contributed by atoms with Crippen molar-refractivity contribution >= 4 is 17.5 Å². The van der Waals surface area contributed by atoms with Crippen molar-refractivity contribution in [3.05, 3.63) is 54.1 Å². The van der Waals surface area contributed by atoms with Gasteiger partial charge in [0.2, 0.25) is 11.8 Å². The first-order valence-electron chi connectivity index (χ1n) is 8.98. The van der Waals surface area contributed by atoms with Gasteiger partial charge in [-0.2, -0.15) is 0 Å². The van der Waals surface area contributed by atoms with Crippen LogP contribution < -0.4 is 14.8 Å².